The highest BCUT2D eigenvalue weighted by Gasteiger charge is 2.32. The Morgan fingerprint density at radius 3 is 3.07 bits per heavy atom. The third-order valence-corrected chi connectivity index (χ3v) is 2.43. The number of oxime groups is 1. The van der Waals surface area contributed by atoms with E-state index in [-0.39, 0.29) is 11.9 Å². The van der Waals surface area contributed by atoms with Gasteiger partial charge in [0.2, 0.25) is 0 Å². The van der Waals surface area contributed by atoms with E-state index in [0.717, 1.165) is 24.3 Å². The molecule has 4 nitrogen and oxygen atoms in total. The Morgan fingerprint density at radius 2 is 2.40 bits per heavy atom. The lowest BCUT2D eigenvalue weighted by Crippen LogP contribution is -2.20. The van der Waals surface area contributed by atoms with Gasteiger partial charge in [0.1, 0.15) is 11.7 Å². The predicted molar refractivity (Wildman–Crippen MR) is 54.3 cm³/mol. The summed E-state index contributed by atoms with van der Waals surface area (Å²) >= 11 is 0. The molecule has 80 valence electrons. The lowest BCUT2D eigenvalue weighted by Gasteiger charge is -2.05. The van der Waals surface area contributed by atoms with Crippen LogP contribution in [0.5, 0.6) is 0 Å². The molecule has 0 saturated carbocycles. The average Bonchev–Trinajstić information content (AvgIpc) is 2.83. The van der Waals surface area contributed by atoms with Crippen LogP contribution in [0.3, 0.4) is 0 Å². The van der Waals surface area contributed by atoms with Gasteiger partial charge in [0, 0.05) is 6.42 Å². The summed E-state index contributed by atoms with van der Waals surface area (Å²) in [6.07, 6.45) is 3.91. The van der Waals surface area contributed by atoms with Gasteiger partial charge >= 0.3 is 5.97 Å². The minimum atomic E-state index is -0.269. The molecule has 0 saturated heterocycles. The predicted octanol–water partition coefficient (Wildman–Crippen LogP) is 2.15. The minimum Gasteiger partial charge on any atom is -0.469 e. The van der Waals surface area contributed by atoms with Crippen LogP contribution in [-0.2, 0) is 16.1 Å². The topological polar surface area (TPSA) is 51.8 Å². The maximum atomic E-state index is 11.4. The van der Waals surface area contributed by atoms with Crippen molar-refractivity contribution in [1.82, 2.24) is 0 Å². The average molecular weight is 207 g/mol. The van der Waals surface area contributed by atoms with Gasteiger partial charge in [0.15, 0.2) is 0 Å². The van der Waals surface area contributed by atoms with E-state index in [2.05, 4.69) is 16.9 Å². The highest BCUT2D eigenvalue weighted by molar-refractivity contribution is 6.05. The van der Waals surface area contributed by atoms with Gasteiger partial charge in [-0.1, -0.05) is 18.5 Å². The molecule has 0 spiro atoms. The lowest BCUT2D eigenvalue weighted by molar-refractivity contribution is -0.143. The van der Waals surface area contributed by atoms with Crippen molar-refractivity contribution in [3.05, 3.63) is 24.2 Å². The van der Waals surface area contributed by atoms with Gasteiger partial charge in [-0.25, -0.2) is 4.79 Å². The van der Waals surface area contributed by atoms with Gasteiger partial charge < -0.3 is 9.25 Å². The summed E-state index contributed by atoms with van der Waals surface area (Å²) in [5.41, 5.74) is 0.832. The van der Waals surface area contributed by atoms with E-state index in [9.17, 15) is 4.79 Å². The molecule has 0 bridgehead atoms. The summed E-state index contributed by atoms with van der Waals surface area (Å²) in [5.74, 6) is 0.272. The largest absolute Gasteiger partial charge is 0.469 e. The van der Waals surface area contributed by atoms with E-state index in [0.29, 0.717) is 6.42 Å². The van der Waals surface area contributed by atoms with Crippen molar-refractivity contribution < 1.29 is 14.0 Å². The van der Waals surface area contributed by atoms with E-state index in [1.54, 1.807) is 6.26 Å². The zero-order valence-electron chi connectivity index (χ0n) is 8.60. The van der Waals surface area contributed by atoms with E-state index >= 15 is 0 Å². The van der Waals surface area contributed by atoms with Crippen LogP contribution in [0.2, 0.25) is 0 Å². The molecular weight excluding hydrogens is 194 g/mol. The van der Waals surface area contributed by atoms with E-state index < -0.39 is 0 Å². The first kappa shape index (κ1) is 9.96. The fourth-order valence-electron chi connectivity index (χ4n) is 1.67. The first-order chi connectivity index (χ1) is 7.31. The van der Waals surface area contributed by atoms with Gasteiger partial charge in [-0.3, -0.25) is 0 Å². The molecule has 0 fully saturated rings. The highest BCUT2D eigenvalue weighted by atomic mass is 16.7. The smallest absolute Gasteiger partial charge is 0.344 e. The molecule has 2 heterocycles. The zero-order chi connectivity index (χ0) is 10.7. The van der Waals surface area contributed by atoms with Crippen molar-refractivity contribution in [2.45, 2.75) is 26.2 Å². The number of nitrogens with zero attached hydrogens (tertiary/aromatic N) is 1. The van der Waals surface area contributed by atoms with Crippen molar-refractivity contribution in [2.24, 2.45) is 11.1 Å². The van der Waals surface area contributed by atoms with Gasteiger partial charge in [-0.2, -0.15) is 0 Å². The van der Waals surface area contributed by atoms with Gasteiger partial charge in [-0.15, -0.1) is 0 Å². The van der Waals surface area contributed by atoms with Gasteiger partial charge in [-0.05, 0) is 18.6 Å². The number of rotatable bonds is 4. The summed E-state index contributed by atoms with van der Waals surface area (Å²) in [5, 5.41) is 3.79. The Balaban J connectivity index is 2.06. The number of carbonyl (C=O) groups excluding carboxylic acids is 1. The minimum absolute atomic E-state index is 0.254. The van der Waals surface area contributed by atoms with Crippen molar-refractivity contribution in [3.63, 3.8) is 0 Å². The van der Waals surface area contributed by atoms with Crippen LogP contribution in [0.4, 0.5) is 0 Å². The standard InChI is InChI=1S/C11H13NO3/c1-2-4-10-9(11(13)15-12-10)7-8-5-3-6-14-8/h3,5-6,9H,2,4,7H2,1H3. The van der Waals surface area contributed by atoms with Crippen LogP contribution in [0, 0.1) is 5.92 Å². The molecule has 1 atom stereocenters. The number of hydrogen-bond donors (Lipinski definition) is 0. The van der Waals surface area contributed by atoms with Gasteiger partial charge in [0.05, 0.1) is 12.0 Å². The molecule has 1 aliphatic heterocycles. The second kappa shape index (κ2) is 4.29. The monoisotopic (exact) mass is 207 g/mol. The van der Waals surface area contributed by atoms with Crippen LogP contribution in [0.1, 0.15) is 25.5 Å². The van der Waals surface area contributed by atoms with E-state index in [1.165, 1.54) is 0 Å². The molecule has 1 unspecified atom stereocenters. The van der Waals surface area contributed by atoms with Crippen LogP contribution in [0.15, 0.2) is 28.0 Å². The lowest BCUT2D eigenvalue weighted by atomic mass is 9.96. The van der Waals surface area contributed by atoms with Crippen LogP contribution < -0.4 is 0 Å². The number of furan rings is 1. The molecule has 0 aliphatic carbocycles. The summed E-state index contributed by atoms with van der Waals surface area (Å²) in [4.78, 5) is 16.1. The quantitative estimate of drug-likeness (QED) is 0.711. The molecule has 0 amide bonds. The van der Waals surface area contributed by atoms with Crippen LogP contribution in [-0.4, -0.2) is 11.7 Å². The van der Waals surface area contributed by atoms with Crippen LogP contribution in [0.25, 0.3) is 0 Å². The van der Waals surface area contributed by atoms with E-state index in [1.807, 2.05) is 12.1 Å². The summed E-state index contributed by atoms with van der Waals surface area (Å²) in [7, 11) is 0. The van der Waals surface area contributed by atoms with Gasteiger partial charge in [0.25, 0.3) is 0 Å². The molecule has 1 aromatic rings. The Bertz CT molecular complexity index is 367. The normalized spacial score (nSPS) is 20.2. The molecule has 4 heteroatoms. The molecule has 0 N–H and O–H groups in total. The Kier molecular flexibility index (Phi) is 2.85. The number of hydrogen-bond acceptors (Lipinski definition) is 4. The second-order valence-corrected chi connectivity index (χ2v) is 3.58. The Labute approximate surface area is 87.9 Å². The third kappa shape index (κ3) is 2.09. The molecule has 0 aromatic carbocycles. The van der Waals surface area contributed by atoms with Crippen molar-refractivity contribution in [2.75, 3.05) is 0 Å². The highest BCUT2D eigenvalue weighted by Crippen LogP contribution is 2.20. The first-order valence-corrected chi connectivity index (χ1v) is 5.11. The molecular formula is C11H13NO3. The molecule has 1 aromatic heterocycles. The van der Waals surface area contributed by atoms with Crippen molar-refractivity contribution in [1.29, 1.82) is 0 Å². The maximum Gasteiger partial charge on any atom is 0.344 e. The third-order valence-electron chi connectivity index (χ3n) is 2.43. The van der Waals surface area contributed by atoms with Crippen LogP contribution >= 0.6 is 0 Å². The van der Waals surface area contributed by atoms with Crippen molar-refractivity contribution in [3.8, 4) is 0 Å². The fourth-order valence-corrected chi connectivity index (χ4v) is 1.67. The summed E-state index contributed by atoms with van der Waals surface area (Å²) in [6.45, 7) is 2.05. The SMILES string of the molecule is CCCC1=NOC(=O)C1Cc1ccco1. The second-order valence-electron chi connectivity index (χ2n) is 3.58. The number of carbonyl (C=O) groups is 1. The zero-order valence-corrected chi connectivity index (χ0v) is 8.60. The first-order valence-electron chi connectivity index (χ1n) is 5.11. The molecule has 2 rings (SSSR count). The summed E-state index contributed by atoms with van der Waals surface area (Å²) < 4.78 is 5.21. The Morgan fingerprint density at radius 1 is 1.53 bits per heavy atom. The summed E-state index contributed by atoms with van der Waals surface area (Å²) in [6, 6.07) is 3.67. The van der Waals surface area contributed by atoms with Crippen molar-refractivity contribution >= 4 is 11.7 Å². The fraction of sp³-hybridized carbons (Fsp3) is 0.455. The molecule has 1 aliphatic rings. The maximum absolute atomic E-state index is 11.4. The molecule has 0 radical (unpaired) electrons. The van der Waals surface area contributed by atoms with E-state index in [4.69, 9.17) is 4.42 Å². The molecule has 15 heavy (non-hydrogen) atoms. The Hall–Kier alpha value is -1.58.